The molecule has 1 aliphatic heterocycles. The van der Waals surface area contributed by atoms with Gasteiger partial charge in [-0.3, -0.25) is 4.79 Å². The van der Waals surface area contributed by atoms with Crippen molar-refractivity contribution in [3.8, 4) is 0 Å². The van der Waals surface area contributed by atoms with Gasteiger partial charge in [-0.05, 0) is 33.8 Å². The summed E-state index contributed by atoms with van der Waals surface area (Å²) in [4.78, 5) is 15.1. The third kappa shape index (κ3) is 1.47. The Bertz CT molecular complexity index is 342. The highest BCUT2D eigenvalue weighted by molar-refractivity contribution is 9.10. The maximum Gasteiger partial charge on any atom is 0.214 e. The SMILES string of the molecule is O=C1CNc2cc(Br)cnc2S1. The maximum absolute atomic E-state index is 11.0. The van der Waals surface area contributed by atoms with Crippen LogP contribution in [-0.2, 0) is 4.79 Å². The molecule has 0 spiro atoms. The molecule has 0 unspecified atom stereocenters. The molecule has 0 aromatic carbocycles. The number of halogens is 1. The van der Waals surface area contributed by atoms with Crippen molar-refractivity contribution in [2.75, 3.05) is 11.9 Å². The molecule has 12 heavy (non-hydrogen) atoms. The highest BCUT2D eigenvalue weighted by Crippen LogP contribution is 2.31. The van der Waals surface area contributed by atoms with Gasteiger partial charge in [0, 0.05) is 10.7 Å². The largest absolute Gasteiger partial charge is 0.375 e. The first-order valence-corrected chi connectivity index (χ1v) is 4.97. The molecule has 0 amide bonds. The monoisotopic (exact) mass is 244 g/mol. The standard InChI is InChI=1S/C7H5BrN2OS/c8-4-1-5-7(10-2-4)12-6(11)3-9-5/h1-2,9H,3H2. The predicted molar refractivity (Wildman–Crippen MR) is 51.3 cm³/mol. The van der Waals surface area contributed by atoms with Crippen LogP contribution in [0.15, 0.2) is 21.8 Å². The molecule has 1 N–H and O–H groups in total. The van der Waals surface area contributed by atoms with E-state index in [0.717, 1.165) is 15.2 Å². The average molecular weight is 245 g/mol. The van der Waals surface area contributed by atoms with Crippen molar-refractivity contribution in [3.05, 3.63) is 16.7 Å². The Morgan fingerprint density at radius 3 is 3.33 bits per heavy atom. The fourth-order valence-electron chi connectivity index (χ4n) is 0.946. The van der Waals surface area contributed by atoms with Crippen molar-refractivity contribution in [2.24, 2.45) is 0 Å². The number of carbonyl (C=O) groups is 1. The molecule has 0 atom stereocenters. The topological polar surface area (TPSA) is 42.0 Å². The third-order valence-electron chi connectivity index (χ3n) is 1.45. The van der Waals surface area contributed by atoms with Gasteiger partial charge in [-0.1, -0.05) is 0 Å². The Kier molecular flexibility index (Phi) is 2.06. The fraction of sp³-hybridized carbons (Fsp3) is 0.143. The lowest BCUT2D eigenvalue weighted by atomic mass is 10.4. The van der Waals surface area contributed by atoms with Crippen LogP contribution in [0.4, 0.5) is 5.69 Å². The normalized spacial score (nSPS) is 15.2. The summed E-state index contributed by atoms with van der Waals surface area (Å²) < 4.78 is 0.920. The second-order valence-corrected chi connectivity index (χ2v) is 4.30. The number of aromatic nitrogens is 1. The van der Waals surface area contributed by atoms with E-state index in [0.29, 0.717) is 6.54 Å². The number of thioether (sulfide) groups is 1. The molecule has 1 aromatic heterocycles. The number of anilines is 1. The molecule has 0 saturated heterocycles. The van der Waals surface area contributed by atoms with Gasteiger partial charge >= 0.3 is 0 Å². The first-order valence-electron chi connectivity index (χ1n) is 3.36. The first-order chi connectivity index (χ1) is 5.75. The Morgan fingerprint density at radius 1 is 1.67 bits per heavy atom. The lowest BCUT2D eigenvalue weighted by molar-refractivity contribution is -0.109. The van der Waals surface area contributed by atoms with E-state index in [9.17, 15) is 4.79 Å². The second-order valence-electron chi connectivity index (χ2n) is 2.33. The number of rotatable bonds is 0. The van der Waals surface area contributed by atoms with E-state index in [4.69, 9.17) is 0 Å². The summed E-state index contributed by atoms with van der Waals surface area (Å²) >= 11 is 4.50. The second kappa shape index (κ2) is 3.06. The molecule has 0 bridgehead atoms. The summed E-state index contributed by atoms with van der Waals surface area (Å²) in [6.07, 6.45) is 1.69. The molecule has 2 rings (SSSR count). The highest BCUT2D eigenvalue weighted by atomic mass is 79.9. The van der Waals surface area contributed by atoms with E-state index in [1.807, 2.05) is 6.07 Å². The number of nitrogens with one attached hydrogen (secondary N) is 1. The minimum Gasteiger partial charge on any atom is -0.375 e. The molecule has 0 radical (unpaired) electrons. The van der Waals surface area contributed by atoms with Crippen LogP contribution in [0.3, 0.4) is 0 Å². The molecule has 0 aliphatic carbocycles. The van der Waals surface area contributed by atoms with Crippen molar-refractivity contribution in [1.82, 2.24) is 4.98 Å². The number of hydrogen-bond donors (Lipinski definition) is 1. The molecule has 0 fully saturated rings. The van der Waals surface area contributed by atoms with Gasteiger partial charge in [-0.25, -0.2) is 4.98 Å². The summed E-state index contributed by atoms with van der Waals surface area (Å²) in [5, 5.41) is 3.86. The van der Waals surface area contributed by atoms with Crippen molar-refractivity contribution in [2.45, 2.75) is 5.03 Å². The van der Waals surface area contributed by atoms with E-state index >= 15 is 0 Å². The van der Waals surface area contributed by atoms with Crippen molar-refractivity contribution in [3.63, 3.8) is 0 Å². The lowest BCUT2D eigenvalue weighted by Gasteiger charge is -2.14. The predicted octanol–water partition coefficient (Wildman–Crippen LogP) is 1.89. The molecular formula is C7H5BrN2OS. The van der Waals surface area contributed by atoms with Crippen molar-refractivity contribution >= 4 is 38.5 Å². The molecule has 1 aromatic rings. The summed E-state index contributed by atoms with van der Waals surface area (Å²) in [6, 6.07) is 1.92. The number of nitrogens with zero attached hydrogens (tertiary/aromatic N) is 1. The molecule has 0 saturated carbocycles. The van der Waals surface area contributed by atoms with Crippen LogP contribution in [0.25, 0.3) is 0 Å². The van der Waals surface area contributed by atoms with Crippen LogP contribution in [0.1, 0.15) is 0 Å². The Labute approximate surface area is 82.1 Å². The van der Waals surface area contributed by atoms with Gasteiger partial charge in [0.2, 0.25) is 5.12 Å². The number of carbonyl (C=O) groups excluding carboxylic acids is 1. The summed E-state index contributed by atoms with van der Waals surface area (Å²) in [5.41, 5.74) is 0.925. The third-order valence-corrected chi connectivity index (χ3v) is 2.78. The molecule has 5 heteroatoms. The van der Waals surface area contributed by atoms with E-state index in [-0.39, 0.29) is 5.12 Å². The lowest BCUT2D eigenvalue weighted by Crippen LogP contribution is -2.16. The fourth-order valence-corrected chi connectivity index (χ4v) is 1.98. The maximum atomic E-state index is 11.0. The van der Waals surface area contributed by atoms with E-state index < -0.39 is 0 Å². The summed E-state index contributed by atoms with van der Waals surface area (Å²) in [6.45, 7) is 0.385. The van der Waals surface area contributed by atoms with E-state index in [2.05, 4.69) is 26.2 Å². The number of fused-ring (bicyclic) bond motifs is 1. The quantitative estimate of drug-likeness (QED) is 0.757. The molecular weight excluding hydrogens is 240 g/mol. The molecule has 1 aliphatic rings. The van der Waals surface area contributed by atoms with Gasteiger partial charge in [-0.2, -0.15) is 0 Å². The highest BCUT2D eigenvalue weighted by Gasteiger charge is 2.16. The van der Waals surface area contributed by atoms with Crippen molar-refractivity contribution < 1.29 is 4.79 Å². The molecule has 2 heterocycles. The summed E-state index contributed by atoms with van der Waals surface area (Å²) in [7, 11) is 0. The summed E-state index contributed by atoms with van der Waals surface area (Å²) in [5.74, 6) is 0. The van der Waals surface area contributed by atoms with E-state index in [1.165, 1.54) is 11.8 Å². The van der Waals surface area contributed by atoms with Crippen LogP contribution in [0.2, 0.25) is 0 Å². The Morgan fingerprint density at radius 2 is 2.50 bits per heavy atom. The van der Waals surface area contributed by atoms with Gasteiger partial charge in [-0.15, -0.1) is 0 Å². The molecule has 62 valence electrons. The van der Waals surface area contributed by atoms with E-state index in [1.54, 1.807) is 6.20 Å². The van der Waals surface area contributed by atoms with Gasteiger partial charge in [0.25, 0.3) is 0 Å². The van der Waals surface area contributed by atoms with Crippen LogP contribution >= 0.6 is 27.7 Å². The first kappa shape index (κ1) is 8.07. The van der Waals surface area contributed by atoms with Crippen LogP contribution in [-0.4, -0.2) is 16.6 Å². The van der Waals surface area contributed by atoms with Crippen LogP contribution < -0.4 is 5.32 Å². The molecule has 3 nitrogen and oxygen atoms in total. The van der Waals surface area contributed by atoms with Crippen LogP contribution in [0.5, 0.6) is 0 Å². The van der Waals surface area contributed by atoms with Crippen LogP contribution in [0, 0.1) is 0 Å². The zero-order valence-corrected chi connectivity index (χ0v) is 8.41. The smallest absolute Gasteiger partial charge is 0.214 e. The number of hydrogen-bond acceptors (Lipinski definition) is 4. The van der Waals surface area contributed by atoms with Crippen molar-refractivity contribution in [1.29, 1.82) is 0 Å². The minimum absolute atomic E-state index is 0.109. The minimum atomic E-state index is 0.109. The zero-order chi connectivity index (χ0) is 8.55. The average Bonchev–Trinajstić information content (AvgIpc) is 2.05. The van der Waals surface area contributed by atoms with Gasteiger partial charge in [0.1, 0.15) is 5.03 Å². The zero-order valence-electron chi connectivity index (χ0n) is 6.00. The Balaban J connectivity index is 2.43. The van der Waals surface area contributed by atoms with Gasteiger partial charge in [0.05, 0.1) is 12.2 Å². The number of pyridine rings is 1. The van der Waals surface area contributed by atoms with Gasteiger partial charge < -0.3 is 5.32 Å². The van der Waals surface area contributed by atoms with Gasteiger partial charge in [0.15, 0.2) is 0 Å². The Hall–Kier alpha value is -0.550.